The van der Waals surface area contributed by atoms with E-state index in [2.05, 4.69) is 6.92 Å². The van der Waals surface area contributed by atoms with E-state index >= 15 is 0 Å². The number of hydrogen-bond acceptors (Lipinski definition) is 4. The average molecular weight is 309 g/mol. The van der Waals surface area contributed by atoms with Crippen molar-refractivity contribution in [2.75, 3.05) is 13.3 Å². The quantitative estimate of drug-likeness (QED) is 0.494. The molecule has 0 aromatic carbocycles. The van der Waals surface area contributed by atoms with E-state index < -0.39 is 5.97 Å². The van der Waals surface area contributed by atoms with E-state index in [9.17, 15) is 14.7 Å². The molecular weight excluding hydrogens is 282 g/mol. The van der Waals surface area contributed by atoms with Gasteiger partial charge in [-0.3, -0.25) is 4.79 Å². The smallest absolute Gasteiger partial charge is 0.333 e. The molecule has 1 N–H and O–H groups in total. The van der Waals surface area contributed by atoms with Crippen molar-refractivity contribution in [2.45, 2.75) is 58.8 Å². The molecule has 0 amide bonds. The average Bonchev–Trinajstić information content (AvgIpc) is 2.52. The van der Waals surface area contributed by atoms with Gasteiger partial charge in [0.15, 0.2) is 6.73 Å². The van der Waals surface area contributed by atoms with Gasteiger partial charge in [-0.1, -0.05) is 39.5 Å². The molecule has 0 spiro atoms. The van der Waals surface area contributed by atoms with Crippen molar-refractivity contribution in [3.63, 3.8) is 0 Å². The number of carbonyl (C=O) groups excluding carboxylic acids is 1. The number of carboxylic acid groups (broad SMARTS) is 1. The molecule has 0 aromatic rings. The summed E-state index contributed by atoms with van der Waals surface area (Å²) in [5, 5.41) is 9.20. The topological polar surface area (TPSA) is 66.8 Å². The molecule has 1 aliphatic rings. The molecule has 22 heavy (non-hydrogen) atoms. The van der Waals surface area contributed by atoms with Crippen molar-refractivity contribution in [3.05, 3.63) is 23.4 Å². The maximum Gasteiger partial charge on any atom is 0.333 e. The Morgan fingerprint density at radius 2 is 1.95 bits per heavy atom. The van der Waals surface area contributed by atoms with Crippen LogP contribution in [-0.2, 0) is 14.3 Å². The van der Waals surface area contributed by atoms with Crippen LogP contribution in [0.15, 0.2) is 23.4 Å². The summed E-state index contributed by atoms with van der Waals surface area (Å²) in [7, 11) is 0. The monoisotopic (exact) mass is 309 g/mol. The van der Waals surface area contributed by atoms with Crippen molar-refractivity contribution in [3.8, 4) is 0 Å². The second-order valence-corrected chi connectivity index (χ2v) is 5.53. The lowest BCUT2D eigenvalue weighted by molar-refractivity contribution is -0.147. The van der Waals surface area contributed by atoms with Gasteiger partial charge in [-0.05, 0) is 24.5 Å². The van der Waals surface area contributed by atoms with Crippen LogP contribution >= 0.6 is 0 Å². The highest BCUT2D eigenvalue weighted by molar-refractivity contribution is 5.89. The molecule has 0 bridgehead atoms. The molecule has 1 aliphatic heterocycles. The predicted octanol–water partition coefficient (Wildman–Crippen LogP) is 3.47. The van der Waals surface area contributed by atoms with E-state index in [-0.39, 0.29) is 19.2 Å². The van der Waals surface area contributed by atoms with Crippen LogP contribution in [0.25, 0.3) is 0 Å². The van der Waals surface area contributed by atoms with Crippen LogP contribution in [0.5, 0.6) is 0 Å². The Bertz CT molecular complexity index is 440. The van der Waals surface area contributed by atoms with Crippen LogP contribution in [0.2, 0.25) is 0 Å². The highest BCUT2D eigenvalue weighted by Gasteiger charge is 2.19. The number of unbranched alkanes of at least 4 members (excludes halogenated alkanes) is 4. The number of aliphatic carboxylic acids is 1. The Kier molecular flexibility index (Phi) is 8.33. The minimum atomic E-state index is -0.909. The Morgan fingerprint density at radius 1 is 1.23 bits per heavy atom. The number of ether oxygens (including phenoxy) is 1. The molecule has 5 nitrogen and oxygen atoms in total. The maximum atomic E-state index is 11.7. The number of hydrogen-bond donors (Lipinski definition) is 1. The molecule has 0 aliphatic carbocycles. The van der Waals surface area contributed by atoms with Crippen LogP contribution < -0.4 is 0 Å². The summed E-state index contributed by atoms with van der Waals surface area (Å²) in [4.78, 5) is 24.6. The Balaban J connectivity index is 2.29. The fourth-order valence-corrected chi connectivity index (χ4v) is 2.38. The molecule has 0 unspecified atom stereocenters. The van der Waals surface area contributed by atoms with Gasteiger partial charge in [-0.25, -0.2) is 4.79 Å². The fraction of sp³-hybridized carbons (Fsp3) is 0.647. The van der Waals surface area contributed by atoms with Crippen LogP contribution in [0.4, 0.5) is 0 Å². The van der Waals surface area contributed by atoms with Gasteiger partial charge < -0.3 is 14.7 Å². The summed E-state index contributed by atoms with van der Waals surface area (Å²) < 4.78 is 5.21. The number of allylic oxidation sites excluding steroid dienone is 2. The van der Waals surface area contributed by atoms with Gasteiger partial charge in [0.25, 0.3) is 0 Å². The molecule has 0 saturated heterocycles. The van der Waals surface area contributed by atoms with Gasteiger partial charge in [-0.2, -0.15) is 0 Å². The Labute approximate surface area is 132 Å². The summed E-state index contributed by atoms with van der Waals surface area (Å²) in [5.41, 5.74) is 1.20. The lowest BCUT2D eigenvalue weighted by Gasteiger charge is -2.25. The first-order valence-corrected chi connectivity index (χ1v) is 8.11. The van der Waals surface area contributed by atoms with Crippen molar-refractivity contribution in [1.82, 2.24) is 4.90 Å². The summed E-state index contributed by atoms with van der Waals surface area (Å²) in [6, 6.07) is 0. The van der Waals surface area contributed by atoms with Gasteiger partial charge in [0, 0.05) is 12.6 Å². The van der Waals surface area contributed by atoms with E-state index in [1.807, 2.05) is 6.92 Å². The first-order valence-electron chi connectivity index (χ1n) is 8.11. The van der Waals surface area contributed by atoms with Gasteiger partial charge >= 0.3 is 11.9 Å². The molecular formula is C17H27NO4. The fourth-order valence-electron chi connectivity index (χ4n) is 2.38. The third kappa shape index (κ3) is 6.33. The van der Waals surface area contributed by atoms with Gasteiger partial charge in [0.05, 0.1) is 12.1 Å². The number of carboxylic acids is 1. The minimum absolute atomic E-state index is 0.109. The molecule has 5 heteroatoms. The first-order chi connectivity index (χ1) is 10.6. The first kappa shape index (κ1) is 18.3. The molecule has 0 aromatic heterocycles. The van der Waals surface area contributed by atoms with E-state index in [4.69, 9.17) is 4.74 Å². The molecule has 124 valence electrons. The van der Waals surface area contributed by atoms with Crippen molar-refractivity contribution in [2.24, 2.45) is 0 Å². The molecule has 0 radical (unpaired) electrons. The van der Waals surface area contributed by atoms with E-state index in [1.54, 1.807) is 17.2 Å². The second-order valence-electron chi connectivity index (χ2n) is 5.53. The summed E-state index contributed by atoms with van der Waals surface area (Å²) in [6.07, 6.45) is 10.2. The van der Waals surface area contributed by atoms with Gasteiger partial charge in [0.2, 0.25) is 0 Å². The highest BCUT2D eigenvalue weighted by atomic mass is 16.5. The number of rotatable bonds is 10. The minimum Gasteiger partial charge on any atom is -0.478 e. The van der Waals surface area contributed by atoms with E-state index in [0.717, 1.165) is 24.8 Å². The zero-order chi connectivity index (χ0) is 16.4. The highest BCUT2D eigenvalue weighted by Crippen LogP contribution is 2.18. The maximum absolute atomic E-state index is 11.7. The zero-order valence-electron chi connectivity index (χ0n) is 13.6. The Morgan fingerprint density at radius 3 is 2.59 bits per heavy atom. The number of carbonyl (C=O) groups is 2. The second kappa shape index (κ2) is 10.0. The van der Waals surface area contributed by atoms with Crippen LogP contribution in [0, 0.1) is 0 Å². The lowest BCUT2D eigenvalue weighted by Crippen LogP contribution is -2.30. The largest absolute Gasteiger partial charge is 0.478 e. The van der Waals surface area contributed by atoms with E-state index in [1.165, 1.54) is 12.8 Å². The predicted molar refractivity (Wildman–Crippen MR) is 85.1 cm³/mol. The zero-order valence-corrected chi connectivity index (χ0v) is 13.6. The third-order valence-corrected chi connectivity index (χ3v) is 3.75. The molecule has 0 atom stereocenters. The van der Waals surface area contributed by atoms with Crippen LogP contribution in [0.1, 0.15) is 58.8 Å². The van der Waals surface area contributed by atoms with E-state index in [0.29, 0.717) is 18.4 Å². The molecule has 1 heterocycles. The van der Waals surface area contributed by atoms with Crippen LogP contribution in [-0.4, -0.2) is 35.2 Å². The molecule has 1 rings (SSSR count). The van der Waals surface area contributed by atoms with Crippen molar-refractivity contribution in [1.29, 1.82) is 0 Å². The SMILES string of the molecule is CCCCCCCC(=O)OCN1C=CC(CC)=C(C(=O)O)C1. The summed E-state index contributed by atoms with van der Waals surface area (Å²) >= 11 is 0. The molecule has 0 saturated carbocycles. The normalized spacial score (nSPS) is 14.4. The third-order valence-electron chi connectivity index (χ3n) is 3.75. The summed E-state index contributed by atoms with van der Waals surface area (Å²) in [6.45, 7) is 4.47. The summed E-state index contributed by atoms with van der Waals surface area (Å²) in [5.74, 6) is -1.12. The molecule has 0 fully saturated rings. The van der Waals surface area contributed by atoms with Gasteiger partial charge in [-0.15, -0.1) is 0 Å². The van der Waals surface area contributed by atoms with Gasteiger partial charge in [0.1, 0.15) is 0 Å². The van der Waals surface area contributed by atoms with Crippen LogP contribution in [0.3, 0.4) is 0 Å². The number of nitrogens with zero attached hydrogens (tertiary/aromatic N) is 1. The standard InChI is InChI=1S/C17H27NO4/c1-3-5-6-7-8-9-16(19)22-13-18-11-10-14(4-2)15(12-18)17(20)21/h10-11H,3-9,12-13H2,1-2H3,(H,20,21). The van der Waals surface area contributed by atoms with Crippen molar-refractivity contribution < 1.29 is 19.4 Å². The van der Waals surface area contributed by atoms with Crippen molar-refractivity contribution >= 4 is 11.9 Å². The Hall–Kier alpha value is -1.78. The number of esters is 1. The lowest BCUT2D eigenvalue weighted by atomic mass is 10.0.